The smallest absolute Gasteiger partial charge is 0.155 e. The van der Waals surface area contributed by atoms with Gasteiger partial charge in [-0.3, -0.25) is 4.98 Å². The van der Waals surface area contributed by atoms with Crippen molar-refractivity contribution in [3.8, 4) is 11.5 Å². The van der Waals surface area contributed by atoms with Crippen LogP contribution in [0.1, 0.15) is 12.8 Å². The van der Waals surface area contributed by atoms with E-state index < -0.39 is 0 Å². The number of pyridine rings is 1. The van der Waals surface area contributed by atoms with E-state index in [1.54, 1.807) is 19.5 Å². The molecule has 1 aliphatic rings. The van der Waals surface area contributed by atoms with E-state index in [1.165, 1.54) is 0 Å². The van der Waals surface area contributed by atoms with Crippen molar-refractivity contribution in [3.05, 3.63) is 16.9 Å². The van der Waals surface area contributed by atoms with Gasteiger partial charge in [-0.25, -0.2) is 0 Å². The second kappa shape index (κ2) is 3.54. The number of nitrogens with zero attached hydrogens (tertiary/aromatic N) is 1. The van der Waals surface area contributed by atoms with Gasteiger partial charge in [-0.05, 0) is 28.8 Å². The molecule has 1 aliphatic carbocycles. The highest BCUT2D eigenvalue weighted by Gasteiger charge is 2.25. The minimum Gasteiger partial charge on any atom is -0.494 e. The molecule has 1 fully saturated rings. The zero-order chi connectivity index (χ0) is 9.26. The third kappa shape index (κ3) is 1.94. The molecule has 0 bridgehead atoms. The number of rotatable bonds is 3. The molecular weight excluding hydrogens is 234 g/mol. The van der Waals surface area contributed by atoms with Crippen molar-refractivity contribution in [1.82, 2.24) is 4.98 Å². The Bertz CT molecular complexity index is 312. The summed E-state index contributed by atoms with van der Waals surface area (Å²) in [6.07, 6.45) is 6.02. The second-order valence-electron chi connectivity index (χ2n) is 2.97. The Labute approximate surface area is 85.2 Å². The van der Waals surface area contributed by atoms with E-state index in [-0.39, 0.29) is 0 Å². The molecule has 0 N–H and O–H groups in total. The van der Waals surface area contributed by atoms with Crippen LogP contribution in [0.25, 0.3) is 0 Å². The lowest BCUT2D eigenvalue weighted by atomic mass is 10.4. The molecule has 0 amide bonds. The molecule has 0 spiro atoms. The first-order chi connectivity index (χ1) is 6.31. The van der Waals surface area contributed by atoms with E-state index in [1.807, 2.05) is 0 Å². The average molecular weight is 244 g/mol. The SMILES string of the molecule is COc1cncc(OC2CC2)c1Br. The van der Waals surface area contributed by atoms with Crippen LogP contribution in [-0.2, 0) is 0 Å². The van der Waals surface area contributed by atoms with Crippen LogP contribution in [0, 0.1) is 0 Å². The topological polar surface area (TPSA) is 31.4 Å². The molecule has 0 radical (unpaired) electrons. The number of hydrogen-bond acceptors (Lipinski definition) is 3. The number of aromatic nitrogens is 1. The third-order valence-electron chi connectivity index (χ3n) is 1.85. The van der Waals surface area contributed by atoms with Gasteiger partial charge in [-0.2, -0.15) is 0 Å². The van der Waals surface area contributed by atoms with Crippen LogP contribution in [0.3, 0.4) is 0 Å². The van der Waals surface area contributed by atoms with Crippen molar-refractivity contribution in [3.63, 3.8) is 0 Å². The highest BCUT2D eigenvalue weighted by molar-refractivity contribution is 9.10. The summed E-state index contributed by atoms with van der Waals surface area (Å²) in [4.78, 5) is 4.02. The van der Waals surface area contributed by atoms with Crippen LogP contribution in [-0.4, -0.2) is 18.2 Å². The van der Waals surface area contributed by atoms with Crippen molar-refractivity contribution < 1.29 is 9.47 Å². The summed E-state index contributed by atoms with van der Waals surface area (Å²) in [7, 11) is 1.61. The van der Waals surface area contributed by atoms with E-state index in [0.29, 0.717) is 11.9 Å². The van der Waals surface area contributed by atoms with Gasteiger partial charge in [0.1, 0.15) is 4.47 Å². The average Bonchev–Trinajstić information content (AvgIpc) is 2.92. The van der Waals surface area contributed by atoms with Crippen molar-refractivity contribution in [2.24, 2.45) is 0 Å². The number of ether oxygens (including phenoxy) is 2. The number of halogens is 1. The van der Waals surface area contributed by atoms with Crippen LogP contribution in [0.2, 0.25) is 0 Å². The Kier molecular flexibility index (Phi) is 2.40. The summed E-state index contributed by atoms with van der Waals surface area (Å²) in [6, 6.07) is 0. The highest BCUT2D eigenvalue weighted by atomic mass is 79.9. The fourth-order valence-corrected chi connectivity index (χ4v) is 1.46. The molecule has 0 aromatic carbocycles. The van der Waals surface area contributed by atoms with Gasteiger partial charge < -0.3 is 9.47 Å². The standard InChI is InChI=1S/C9H10BrNO2/c1-12-7-4-11-5-8(9(7)10)13-6-2-3-6/h4-6H,2-3H2,1H3. The molecule has 0 unspecified atom stereocenters. The Balaban J connectivity index is 2.22. The number of methoxy groups -OCH3 is 1. The molecule has 0 atom stereocenters. The minimum absolute atomic E-state index is 0.380. The maximum atomic E-state index is 5.61. The normalized spacial score (nSPS) is 15.5. The van der Waals surface area contributed by atoms with Gasteiger partial charge in [0, 0.05) is 0 Å². The van der Waals surface area contributed by atoms with Crippen molar-refractivity contribution in [2.75, 3.05) is 7.11 Å². The van der Waals surface area contributed by atoms with Gasteiger partial charge in [0.05, 0.1) is 25.6 Å². The Hall–Kier alpha value is -0.770. The third-order valence-corrected chi connectivity index (χ3v) is 2.64. The summed E-state index contributed by atoms with van der Waals surface area (Å²) in [6.45, 7) is 0. The molecule has 2 rings (SSSR count). The zero-order valence-electron chi connectivity index (χ0n) is 7.29. The summed E-state index contributed by atoms with van der Waals surface area (Å²) >= 11 is 3.41. The van der Waals surface area contributed by atoms with Gasteiger partial charge in [0.15, 0.2) is 11.5 Å². The molecule has 4 heteroatoms. The molecular formula is C9H10BrNO2. The van der Waals surface area contributed by atoms with Crippen LogP contribution in [0.4, 0.5) is 0 Å². The Morgan fingerprint density at radius 3 is 2.69 bits per heavy atom. The van der Waals surface area contributed by atoms with E-state index in [9.17, 15) is 0 Å². The summed E-state index contributed by atoms with van der Waals surface area (Å²) in [5.74, 6) is 1.47. The molecule has 1 heterocycles. The lowest BCUT2D eigenvalue weighted by molar-refractivity contribution is 0.296. The van der Waals surface area contributed by atoms with Crippen molar-refractivity contribution in [1.29, 1.82) is 0 Å². The van der Waals surface area contributed by atoms with E-state index >= 15 is 0 Å². The summed E-state index contributed by atoms with van der Waals surface area (Å²) in [5.41, 5.74) is 0. The van der Waals surface area contributed by atoms with Crippen molar-refractivity contribution in [2.45, 2.75) is 18.9 Å². The molecule has 1 aromatic heterocycles. The van der Waals surface area contributed by atoms with Gasteiger partial charge in [-0.1, -0.05) is 0 Å². The quantitative estimate of drug-likeness (QED) is 0.818. The fraction of sp³-hybridized carbons (Fsp3) is 0.444. The lowest BCUT2D eigenvalue weighted by Crippen LogP contribution is -1.98. The highest BCUT2D eigenvalue weighted by Crippen LogP contribution is 2.36. The first-order valence-corrected chi connectivity index (χ1v) is 4.94. The summed E-state index contributed by atoms with van der Waals surface area (Å²) in [5, 5.41) is 0. The van der Waals surface area contributed by atoms with Gasteiger partial charge in [0.25, 0.3) is 0 Å². The molecule has 70 valence electrons. The fourth-order valence-electron chi connectivity index (χ4n) is 0.997. The largest absolute Gasteiger partial charge is 0.494 e. The van der Waals surface area contributed by atoms with E-state index in [2.05, 4.69) is 20.9 Å². The van der Waals surface area contributed by atoms with E-state index in [4.69, 9.17) is 9.47 Å². The van der Waals surface area contributed by atoms with E-state index in [0.717, 1.165) is 23.1 Å². The maximum Gasteiger partial charge on any atom is 0.155 e. The molecule has 1 saturated carbocycles. The predicted molar refractivity (Wildman–Crippen MR) is 52.1 cm³/mol. The zero-order valence-corrected chi connectivity index (χ0v) is 8.87. The van der Waals surface area contributed by atoms with Crippen LogP contribution in [0.15, 0.2) is 16.9 Å². The molecule has 1 aromatic rings. The maximum absolute atomic E-state index is 5.61. The monoisotopic (exact) mass is 243 g/mol. The predicted octanol–water partition coefficient (Wildman–Crippen LogP) is 2.39. The second-order valence-corrected chi connectivity index (χ2v) is 3.76. The van der Waals surface area contributed by atoms with Crippen LogP contribution >= 0.6 is 15.9 Å². The molecule has 0 aliphatic heterocycles. The molecule has 0 saturated heterocycles. The Morgan fingerprint density at radius 2 is 2.08 bits per heavy atom. The molecule has 3 nitrogen and oxygen atoms in total. The van der Waals surface area contributed by atoms with Gasteiger partial charge >= 0.3 is 0 Å². The minimum atomic E-state index is 0.380. The van der Waals surface area contributed by atoms with Crippen molar-refractivity contribution >= 4 is 15.9 Å². The first kappa shape index (κ1) is 8.81. The van der Waals surface area contributed by atoms with Crippen LogP contribution in [0.5, 0.6) is 11.5 Å². The Morgan fingerprint density at radius 1 is 1.38 bits per heavy atom. The summed E-state index contributed by atoms with van der Waals surface area (Å²) < 4.78 is 11.6. The first-order valence-electron chi connectivity index (χ1n) is 4.15. The van der Waals surface area contributed by atoms with Gasteiger partial charge in [0.2, 0.25) is 0 Å². The van der Waals surface area contributed by atoms with Gasteiger partial charge in [-0.15, -0.1) is 0 Å². The lowest BCUT2D eigenvalue weighted by Gasteiger charge is -2.08. The van der Waals surface area contributed by atoms with Crippen LogP contribution < -0.4 is 9.47 Å². The number of hydrogen-bond donors (Lipinski definition) is 0. The molecule has 13 heavy (non-hydrogen) atoms.